The predicted molar refractivity (Wildman–Crippen MR) is 93.3 cm³/mol. The van der Waals surface area contributed by atoms with Gasteiger partial charge in [-0.2, -0.15) is 0 Å². The first-order chi connectivity index (χ1) is 11.1. The topological polar surface area (TPSA) is 53.3 Å². The molecule has 3 rings (SSSR count). The molecule has 23 heavy (non-hydrogen) atoms. The summed E-state index contributed by atoms with van der Waals surface area (Å²) < 4.78 is 2.17. The Kier molecular flexibility index (Phi) is 5.30. The number of hydrogen-bond donors (Lipinski definition) is 2. The van der Waals surface area contributed by atoms with Crippen LogP contribution in [0.15, 0.2) is 24.3 Å². The van der Waals surface area contributed by atoms with Crippen molar-refractivity contribution >= 4 is 11.0 Å². The number of aryl methyl sites for hydroxylation is 1. The molecule has 0 amide bonds. The Morgan fingerprint density at radius 3 is 2.74 bits per heavy atom. The van der Waals surface area contributed by atoms with Crippen molar-refractivity contribution in [2.45, 2.75) is 32.4 Å². The van der Waals surface area contributed by atoms with Crippen LogP contribution in [0, 0.1) is 5.92 Å². The summed E-state index contributed by atoms with van der Waals surface area (Å²) in [6.07, 6.45) is 2.20. The molecule has 1 aromatic carbocycles. The lowest BCUT2D eigenvalue weighted by atomic mass is 9.96. The number of nitrogens with one attached hydrogen (secondary N) is 1. The molecule has 0 saturated carbocycles. The summed E-state index contributed by atoms with van der Waals surface area (Å²) in [5.74, 6) is 1.83. The van der Waals surface area contributed by atoms with E-state index in [0.717, 1.165) is 50.0 Å². The second-order valence-corrected chi connectivity index (χ2v) is 6.80. The number of likely N-dealkylation sites (tertiary alicyclic amines) is 1. The summed E-state index contributed by atoms with van der Waals surface area (Å²) in [4.78, 5) is 7.07. The molecule has 1 aliphatic rings. The van der Waals surface area contributed by atoms with Crippen molar-refractivity contribution in [2.24, 2.45) is 13.0 Å². The van der Waals surface area contributed by atoms with E-state index in [1.807, 2.05) is 13.0 Å². The number of fused-ring (bicyclic) bond motifs is 1. The summed E-state index contributed by atoms with van der Waals surface area (Å²) in [6.45, 7) is 6.74. The highest BCUT2D eigenvalue weighted by molar-refractivity contribution is 5.75. The van der Waals surface area contributed by atoms with E-state index in [0.29, 0.717) is 0 Å². The number of benzene rings is 1. The second kappa shape index (κ2) is 7.43. The number of rotatable bonds is 6. The fourth-order valence-electron chi connectivity index (χ4n) is 3.49. The van der Waals surface area contributed by atoms with Gasteiger partial charge in [0.25, 0.3) is 0 Å². The van der Waals surface area contributed by atoms with Crippen molar-refractivity contribution in [3.63, 3.8) is 0 Å². The smallest absolute Gasteiger partial charge is 0.123 e. The average Bonchev–Trinajstić information content (AvgIpc) is 2.85. The number of aliphatic hydroxyl groups excluding tert-OH is 1. The molecule has 0 aliphatic carbocycles. The quantitative estimate of drug-likeness (QED) is 0.853. The molecule has 2 N–H and O–H groups in total. The third kappa shape index (κ3) is 4.10. The van der Waals surface area contributed by atoms with Gasteiger partial charge in [0.1, 0.15) is 5.82 Å². The Morgan fingerprint density at radius 2 is 2.04 bits per heavy atom. The molecule has 126 valence electrons. The molecule has 1 aromatic heterocycles. The maximum absolute atomic E-state index is 9.46. The van der Waals surface area contributed by atoms with Crippen molar-refractivity contribution in [3.8, 4) is 0 Å². The van der Waals surface area contributed by atoms with Crippen LogP contribution in [0.2, 0.25) is 0 Å². The van der Waals surface area contributed by atoms with Gasteiger partial charge in [0.2, 0.25) is 0 Å². The summed E-state index contributed by atoms with van der Waals surface area (Å²) in [7, 11) is 2.08. The lowest BCUT2D eigenvalue weighted by Gasteiger charge is -2.32. The van der Waals surface area contributed by atoms with E-state index in [2.05, 4.69) is 40.0 Å². The van der Waals surface area contributed by atoms with Gasteiger partial charge < -0.3 is 19.9 Å². The number of imidazole rings is 1. The van der Waals surface area contributed by atoms with E-state index in [-0.39, 0.29) is 6.10 Å². The van der Waals surface area contributed by atoms with Gasteiger partial charge >= 0.3 is 0 Å². The zero-order chi connectivity index (χ0) is 16.2. The zero-order valence-corrected chi connectivity index (χ0v) is 14.2. The first-order valence-electron chi connectivity index (χ1n) is 8.65. The van der Waals surface area contributed by atoms with Crippen LogP contribution in [-0.4, -0.2) is 51.8 Å². The molecular weight excluding hydrogens is 288 g/mol. The molecule has 1 atom stereocenters. The number of nitrogens with zero attached hydrogens (tertiary/aromatic N) is 3. The Hall–Kier alpha value is -1.43. The third-order valence-corrected chi connectivity index (χ3v) is 4.83. The Bertz CT molecular complexity index is 629. The van der Waals surface area contributed by atoms with Crippen LogP contribution in [0.4, 0.5) is 0 Å². The first kappa shape index (κ1) is 16.4. The molecule has 2 heterocycles. The Labute approximate surface area is 138 Å². The highest BCUT2D eigenvalue weighted by Crippen LogP contribution is 2.17. The van der Waals surface area contributed by atoms with Gasteiger partial charge in [-0.3, -0.25) is 0 Å². The standard InChI is InChI=1S/C18H28N4O/c1-14(23)13-22-9-7-15(8-10-22)11-19-12-18-20-16-5-3-4-6-17(16)21(18)2/h3-6,14-15,19,23H,7-13H2,1-2H3. The maximum Gasteiger partial charge on any atom is 0.123 e. The van der Waals surface area contributed by atoms with E-state index in [1.54, 1.807) is 0 Å². The SMILES string of the molecule is CC(O)CN1CCC(CNCc2nc3ccccc3n2C)CC1. The van der Waals surface area contributed by atoms with Gasteiger partial charge in [0.15, 0.2) is 0 Å². The van der Waals surface area contributed by atoms with Gasteiger partial charge in [-0.1, -0.05) is 12.1 Å². The van der Waals surface area contributed by atoms with Crippen LogP contribution in [0.1, 0.15) is 25.6 Å². The van der Waals surface area contributed by atoms with Gasteiger partial charge in [-0.25, -0.2) is 4.98 Å². The minimum Gasteiger partial charge on any atom is -0.392 e. The number of piperidine rings is 1. The molecule has 5 nitrogen and oxygen atoms in total. The van der Waals surface area contributed by atoms with Crippen molar-refractivity contribution < 1.29 is 5.11 Å². The lowest BCUT2D eigenvalue weighted by molar-refractivity contribution is 0.0997. The summed E-state index contributed by atoms with van der Waals surface area (Å²) >= 11 is 0. The average molecular weight is 316 g/mol. The summed E-state index contributed by atoms with van der Waals surface area (Å²) in [6, 6.07) is 8.27. The summed E-state index contributed by atoms with van der Waals surface area (Å²) in [5.41, 5.74) is 2.26. The van der Waals surface area contributed by atoms with Crippen LogP contribution >= 0.6 is 0 Å². The highest BCUT2D eigenvalue weighted by atomic mass is 16.3. The Morgan fingerprint density at radius 1 is 1.30 bits per heavy atom. The fourth-order valence-corrected chi connectivity index (χ4v) is 3.49. The molecule has 0 spiro atoms. The minimum absolute atomic E-state index is 0.220. The molecule has 1 fully saturated rings. The monoisotopic (exact) mass is 316 g/mol. The van der Waals surface area contributed by atoms with E-state index in [1.165, 1.54) is 18.4 Å². The van der Waals surface area contributed by atoms with Gasteiger partial charge in [0, 0.05) is 13.6 Å². The molecule has 5 heteroatoms. The first-order valence-corrected chi connectivity index (χ1v) is 8.65. The lowest BCUT2D eigenvalue weighted by Crippen LogP contribution is -2.40. The molecule has 1 saturated heterocycles. The largest absolute Gasteiger partial charge is 0.392 e. The van der Waals surface area contributed by atoms with Crippen LogP contribution < -0.4 is 5.32 Å². The number of aliphatic hydroxyl groups is 1. The number of β-amino-alcohol motifs (C(OH)–C–C–N with tert-alkyl or cyclic N) is 1. The van der Waals surface area contributed by atoms with E-state index >= 15 is 0 Å². The molecule has 0 radical (unpaired) electrons. The fraction of sp³-hybridized carbons (Fsp3) is 0.611. The van der Waals surface area contributed by atoms with E-state index in [9.17, 15) is 5.11 Å². The van der Waals surface area contributed by atoms with Crippen molar-refractivity contribution in [1.82, 2.24) is 19.8 Å². The molecule has 1 unspecified atom stereocenters. The van der Waals surface area contributed by atoms with Gasteiger partial charge in [-0.15, -0.1) is 0 Å². The minimum atomic E-state index is -0.220. The number of hydrogen-bond acceptors (Lipinski definition) is 4. The normalized spacial score (nSPS) is 18.6. The molecule has 2 aromatic rings. The van der Waals surface area contributed by atoms with E-state index in [4.69, 9.17) is 4.98 Å². The third-order valence-electron chi connectivity index (χ3n) is 4.83. The van der Waals surface area contributed by atoms with Gasteiger partial charge in [-0.05, 0) is 57.5 Å². The van der Waals surface area contributed by atoms with Crippen LogP contribution in [0.25, 0.3) is 11.0 Å². The van der Waals surface area contributed by atoms with Crippen molar-refractivity contribution in [2.75, 3.05) is 26.2 Å². The zero-order valence-electron chi connectivity index (χ0n) is 14.2. The van der Waals surface area contributed by atoms with Crippen LogP contribution in [0.3, 0.4) is 0 Å². The van der Waals surface area contributed by atoms with Crippen molar-refractivity contribution in [1.29, 1.82) is 0 Å². The predicted octanol–water partition coefficient (Wildman–Crippen LogP) is 1.76. The maximum atomic E-state index is 9.46. The Balaban J connectivity index is 1.45. The molecular formula is C18H28N4O. The number of aromatic nitrogens is 2. The molecule has 1 aliphatic heterocycles. The van der Waals surface area contributed by atoms with E-state index < -0.39 is 0 Å². The highest BCUT2D eigenvalue weighted by Gasteiger charge is 2.19. The van der Waals surface area contributed by atoms with Crippen LogP contribution in [0.5, 0.6) is 0 Å². The van der Waals surface area contributed by atoms with Gasteiger partial charge in [0.05, 0.1) is 23.7 Å². The second-order valence-electron chi connectivity index (χ2n) is 6.80. The van der Waals surface area contributed by atoms with Crippen LogP contribution in [-0.2, 0) is 13.6 Å². The number of para-hydroxylation sites is 2. The molecule has 0 bridgehead atoms. The summed E-state index contributed by atoms with van der Waals surface area (Å²) in [5, 5.41) is 13.0. The van der Waals surface area contributed by atoms with Crippen molar-refractivity contribution in [3.05, 3.63) is 30.1 Å².